The minimum atomic E-state index is -0.290. The van der Waals surface area contributed by atoms with Crippen LogP contribution in [-0.2, 0) is 0 Å². The lowest BCUT2D eigenvalue weighted by molar-refractivity contribution is 0.262. The van der Waals surface area contributed by atoms with Crippen LogP contribution in [0.5, 0.6) is 0 Å². The Balaban J connectivity index is 1.60. The molecule has 0 bridgehead atoms. The van der Waals surface area contributed by atoms with Crippen LogP contribution in [0.1, 0.15) is 33.1 Å². The molecule has 1 saturated heterocycles. The molecule has 8 nitrogen and oxygen atoms in total. The number of urea groups is 1. The quantitative estimate of drug-likeness (QED) is 0.342. The number of nitrogens with one attached hydrogen (secondary N) is 4. The summed E-state index contributed by atoms with van der Waals surface area (Å²) >= 11 is 0. The zero-order chi connectivity index (χ0) is 24.5. The predicted molar refractivity (Wildman–Crippen MR) is 144 cm³/mol. The third-order valence-electron chi connectivity index (χ3n) is 6.08. The van der Waals surface area contributed by atoms with Crippen molar-refractivity contribution in [1.29, 1.82) is 0 Å². The van der Waals surface area contributed by atoms with E-state index in [0.29, 0.717) is 11.7 Å². The Morgan fingerprint density at radius 2 is 1.80 bits per heavy atom. The van der Waals surface area contributed by atoms with Gasteiger partial charge < -0.3 is 26.2 Å². The van der Waals surface area contributed by atoms with Crippen molar-refractivity contribution in [3.05, 3.63) is 60.8 Å². The van der Waals surface area contributed by atoms with E-state index in [9.17, 15) is 4.79 Å². The lowest BCUT2D eigenvalue weighted by atomic mass is 10.1. The Kier molecular flexibility index (Phi) is 8.51. The minimum Gasteiger partial charge on any atom is -0.367 e. The fourth-order valence-corrected chi connectivity index (χ4v) is 4.21. The molecule has 1 atom stereocenters. The third kappa shape index (κ3) is 6.93. The van der Waals surface area contributed by atoms with Crippen molar-refractivity contribution in [1.82, 2.24) is 15.3 Å². The van der Waals surface area contributed by atoms with E-state index < -0.39 is 0 Å². The van der Waals surface area contributed by atoms with Crippen LogP contribution in [0.15, 0.2) is 60.8 Å². The second kappa shape index (κ2) is 12.2. The predicted octanol–water partition coefficient (Wildman–Crippen LogP) is 5.19. The summed E-state index contributed by atoms with van der Waals surface area (Å²) in [6.07, 6.45) is 5.08. The van der Waals surface area contributed by atoms with Gasteiger partial charge in [0.25, 0.3) is 0 Å². The molecule has 4 rings (SSSR count). The SMILES string of the molecule is CCCC(CC)Nc1cc(-c2cc(NC(=O)Nc3ccccc3)cc(N3CCNCC3)n2)ccn1. The van der Waals surface area contributed by atoms with E-state index in [1.165, 1.54) is 0 Å². The topological polar surface area (TPSA) is 94.2 Å². The van der Waals surface area contributed by atoms with Gasteiger partial charge in [0.05, 0.1) is 5.69 Å². The summed E-state index contributed by atoms with van der Waals surface area (Å²) < 4.78 is 0. The molecule has 0 radical (unpaired) electrons. The second-order valence-electron chi connectivity index (χ2n) is 8.75. The van der Waals surface area contributed by atoms with E-state index >= 15 is 0 Å². The summed E-state index contributed by atoms with van der Waals surface area (Å²) in [6, 6.07) is 17.4. The number of benzene rings is 1. The molecule has 184 valence electrons. The minimum absolute atomic E-state index is 0.290. The van der Waals surface area contributed by atoms with E-state index in [4.69, 9.17) is 4.98 Å². The summed E-state index contributed by atoms with van der Waals surface area (Å²) in [5.74, 6) is 1.69. The zero-order valence-electron chi connectivity index (χ0n) is 20.6. The van der Waals surface area contributed by atoms with Crippen LogP contribution in [0.4, 0.5) is 27.8 Å². The molecule has 1 fully saturated rings. The van der Waals surface area contributed by atoms with Gasteiger partial charge in [0.2, 0.25) is 0 Å². The molecule has 8 heteroatoms. The number of para-hydroxylation sites is 1. The molecule has 0 aliphatic carbocycles. The molecule has 1 aliphatic heterocycles. The molecule has 35 heavy (non-hydrogen) atoms. The van der Waals surface area contributed by atoms with Gasteiger partial charge >= 0.3 is 6.03 Å². The highest BCUT2D eigenvalue weighted by Crippen LogP contribution is 2.28. The molecule has 1 aliphatic rings. The first-order valence-corrected chi connectivity index (χ1v) is 12.5. The standard InChI is InChI=1S/C27H35N7O/c1-3-8-21(4-2)30-25-17-20(11-12-29-25)24-18-23(19-26(33-24)34-15-13-28-14-16-34)32-27(35)31-22-9-6-5-7-10-22/h5-7,9-12,17-19,21,28H,3-4,8,13-16H2,1-2H3,(H,29,30)(H2,31,32,33,35). The zero-order valence-corrected chi connectivity index (χ0v) is 20.6. The van der Waals surface area contributed by atoms with E-state index in [1.54, 1.807) is 0 Å². The van der Waals surface area contributed by atoms with Crippen LogP contribution >= 0.6 is 0 Å². The van der Waals surface area contributed by atoms with Gasteiger partial charge in [-0.15, -0.1) is 0 Å². The summed E-state index contributed by atoms with van der Waals surface area (Å²) in [5, 5.41) is 12.8. The molecule has 1 aromatic carbocycles. The summed E-state index contributed by atoms with van der Waals surface area (Å²) in [6.45, 7) is 7.93. The van der Waals surface area contributed by atoms with Crippen LogP contribution in [0.2, 0.25) is 0 Å². The number of nitrogens with zero attached hydrogens (tertiary/aromatic N) is 3. The summed E-state index contributed by atoms with van der Waals surface area (Å²) in [4.78, 5) is 24.4. The van der Waals surface area contributed by atoms with E-state index in [-0.39, 0.29) is 6.03 Å². The number of carbonyl (C=O) groups is 1. The van der Waals surface area contributed by atoms with Crippen molar-refractivity contribution in [2.24, 2.45) is 0 Å². The molecular formula is C27H35N7O. The largest absolute Gasteiger partial charge is 0.367 e. The second-order valence-corrected chi connectivity index (χ2v) is 8.75. The first-order chi connectivity index (χ1) is 17.1. The first-order valence-electron chi connectivity index (χ1n) is 12.5. The van der Waals surface area contributed by atoms with Gasteiger partial charge in [-0.2, -0.15) is 0 Å². The van der Waals surface area contributed by atoms with Crippen molar-refractivity contribution in [3.8, 4) is 11.3 Å². The molecule has 2 aromatic heterocycles. The van der Waals surface area contributed by atoms with Crippen molar-refractivity contribution < 1.29 is 4.79 Å². The van der Waals surface area contributed by atoms with E-state index in [0.717, 1.165) is 74.0 Å². The fraction of sp³-hybridized carbons (Fsp3) is 0.370. The summed E-state index contributed by atoms with van der Waals surface area (Å²) in [7, 11) is 0. The average molecular weight is 474 g/mol. The van der Waals surface area contributed by atoms with Gasteiger partial charge in [0.15, 0.2) is 0 Å². The number of anilines is 4. The summed E-state index contributed by atoms with van der Waals surface area (Å²) in [5.41, 5.74) is 3.19. The maximum absolute atomic E-state index is 12.7. The number of pyridine rings is 2. The van der Waals surface area contributed by atoms with Gasteiger partial charge in [-0.3, -0.25) is 0 Å². The number of hydrogen-bond acceptors (Lipinski definition) is 6. The Morgan fingerprint density at radius 3 is 2.54 bits per heavy atom. The normalized spacial score (nSPS) is 14.3. The maximum atomic E-state index is 12.7. The molecule has 0 saturated carbocycles. The van der Waals surface area contributed by atoms with E-state index in [2.05, 4.69) is 45.0 Å². The average Bonchev–Trinajstić information content (AvgIpc) is 2.89. The van der Waals surface area contributed by atoms with Gasteiger partial charge in [0.1, 0.15) is 11.6 Å². The third-order valence-corrected chi connectivity index (χ3v) is 6.08. The Hall–Kier alpha value is -3.65. The smallest absolute Gasteiger partial charge is 0.323 e. The molecule has 2 amide bonds. The molecule has 1 unspecified atom stereocenters. The molecule has 4 N–H and O–H groups in total. The van der Waals surface area contributed by atoms with Crippen LogP contribution in [0, 0.1) is 0 Å². The number of carbonyl (C=O) groups excluding carboxylic acids is 1. The number of rotatable bonds is 9. The van der Waals surface area contributed by atoms with Crippen molar-refractivity contribution in [2.75, 3.05) is 47.0 Å². The van der Waals surface area contributed by atoms with Crippen molar-refractivity contribution in [2.45, 2.75) is 39.2 Å². The number of piperazine rings is 1. The Bertz CT molecular complexity index is 1100. The molecule has 3 aromatic rings. The van der Waals surface area contributed by atoms with Crippen LogP contribution < -0.4 is 26.2 Å². The van der Waals surface area contributed by atoms with Gasteiger partial charge in [-0.1, -0.05) is 38.5 Å². The molecule has 0 spiro atoms. The Labute approximate surface area is 207 Å². The highest BCUT2D eigenvalue weighted by molar-refractivity contribution is 6.00. The number of amides is 2. The fourth-order valence-electron chi connectivity index (χ4n) is 4.21. The lowest BCUT2D eigenvalue weighted by Crippen LogP contribution is -2.44. The maximum Gasteiger partial charge on any atom is 0.323 e. The van der Waals surface area contributed by atoms with Gasteiger partial charge in [-0.25, -0.2) is 14.8 Å². The number of aromatic nitrogens is 2. The molecular weight excluding hydrogens is 438 g/mol. The lowest BCUT2D eigenvalue weighted by Gasteiger charge is -2.29. The van der Waals surface area contributed by atoms with Gasteiger partial charge in [0, 0.05) is 61.4 Å². The molecule has 3 heterocycles. The van der Waals surface area contributed by atoms with Crippen LogP contribution in [0.3, 0.4) is 0 Å². The highest BCUT2D eigenvalue weighted by atomic mass is 16.2. The van der Waals surface area contributed by atoms with Crippen LogP contribution in [-0.4, -0.2) is 48.2 Å². The van der Waals surface area contributed by atoms with Crippen molar-refractivity contribution >= 4 is 29.0 Å². The monoisotopic (exact) mass is 473 g/mol. The highest BCUT2D eigenvalue weighted by Gasteiger charge is 2.16. The van der Waals surface area contributed by atoms with E-state index in [1.807, 2.05) is 60.8 Å². The Morgan fingerprint density at radius 1 is 1.03 bits per heavy atom. The van der Waals surface area contributed by atoms with Crippen molar-refractivity contribution in [3.63, 3.8) is 0 Å². The van der Waals surface area contributed by atoms with Gasteiger partial charge in [-0.05, 0) is 43.2 Å². The number of hydrogen-bond donors (Lipinski definition) is 4. The first kappa shape index (κ1) is 24.5. The van der Waals surface area contributed by atoms with Crippen LogP contribution in [0.25, 0.3) is 11.3 Å².